The fourth-order valence-corrected chi connectivity index (χ4v) is 4.81. The van der Waals surface area contributed by atoms with Crippen molar-refractivity contribution >= 4 is 11.8 Å². The van der Waals surface area contributed by atoms with E-state index < -0.39 is 0 Å². The van der Waals surface area contributed by atoms with E-state index in [1.165, 1.54) is 0 Å². The van der Waals surface area contributed by atoms with Crippen LogP contribution in [-0.2, 0) is 4.79 Å². The van der Waals surface area contributed by atoms with Crippen LogP contribution in [-0.4, -0.2) is 77.3 Å². The first-order valence-corrected chi connectivity index (χ1v) is 9.74. The molecule has 1 aromatic rings. The van der Waals surface area contributed by atoms with E-state index in [0.717, 1.165) is 58.4 Å². The highest BCUT2D eigenvalue weighted by Gasteiger charge is 2.44. The average Bonchev–Trinajstić information content (AvgIpc) is 3.11. The third-order valence-electron chi connectivity index (χ3n) is 6.52. The highest BCUT2D eigenvalue weighted by atomic mass is 16.2. The largest absolute Gasteiger partial charge is 0.339 e. The Labute approximate surface area is 155 Å². The van der Waals surface area contributed by atoms with Gasteiger partial charge in [-0.05, 0) is 56.8 Å². The van der Waals surface area contributed by atoms with Crippen molar-refractivity contribution in [2.75, 3.05) is 39.8 Å². The van der Waals surface area contributed by atoms with E-state index in [2.05, 4.69) is 21.8 Å². The lowest BCUT2D eigenvalue weighted by molar-refractivity contribution is -0.141. The van der Waals surface area contributed by atoms with Gasteiger partial charge in [0.05, 0.1) is 5.56 Å². The molecule has 1 spiro atoms. The lowest BCUT2D eigenvalue weighted by Crippen LogP contribution is -2.55. The first-order chi connectivity index (χ1) is 12.6. The second-order valence-corrected chi connectivity index (χ2v) is 8.26. The average molecular weight is 356 g/mol. The summed E-state index contributed by atoms with van der Waals surface area (Å²) in [7, 11) is 2.13. The Morgan fingerprint density at radius 1 is 1.23 bits per heavy atom. The van der Waals surface area contributed by atoms with E-state index in [-0.39, 0.29) is 11.3 Å². The second-order valence-electron chi connectivity index (χ2n) is 8.26. The van der Waals surface area contributed by atoms with Crippen molar-refractivity contribution in [3.63, 3.8) is 0 Å². The molecule has 3 saturated heterocycles. The number of hydrogen-bond acceptors (Lipinski definition) is 4. The number of rotatable bonds is 2. The van der Waals surface area contributed by atoms with Crippen molar-refractivity contribution in [2.45, 2.75) is 38.1 Å². The predicted molar refractivity (Wildman–Crippen MR) is 98.7 cm³/mol. The molecular formula is C20H28N4O2. The van der Waals surface area contributed by atoms with Gasteiger partial charge in [0, 0.05) is 51.0 Å². The van der Waals surface area contributed by atoms with Gasteiger partial charge in [-0.3, -0.25) is 14.6 Å². The molecule has 140 valence electrons. The fraction of sp³-hybridized carbons (Fsp3) is 0.650. The van der Waals surface area contributed by atoms with Gasteiger partial charge in [0.2, 0.25) is 5.91 Å². The van der Waals surface area contributed by atoms with Crippen molar-refractivity contribution < 1.29 is 9.59 Å². The number of amides is 2. The maximum atomic E-state index is 12.6. The predicted octanol–water partition coefficient (Wildman–Crippen LogP) is 1.63. The quantitative estimate of drug-likeness (QED) is 0.808. The minimum atomic E-state index is 0.0779. The number of pyridine rings is 1. The van der Waals surface area contributed by atoms with Crippen molar-refractivity contribution in [2.24, 2.45) is 5.41 Å². The summed E-state index contributed by atoms with van der Waals surface area (Å²) in [6.07, 6.45) is 8.04. The molecule has 2 amide bonds. The third-order valence-corrected chi connectivity index (χ3v) is 6.52. The molecule has 6 nitrogen and oxygen atoms in total. The summed E-state index contributed by atoms with van der Waals surface area (Å²) in [6, 6.07) is 4.01. The molecule has 0 radical (unpaired) electrons. The van der Waals surface area contributed by atoms with Crippen LogP contribution in [0.25, 0.3) is 0 Å². The molecule has 3 fully saturated rings. The topological polar surface area (TPSA) is 56.8 Å². The van der Waals surface area contributed by atoms with Crippen LogP contribution in [0.15, 0.2) is 24.5 Å². The van der Waals surface area contributed by atoms with Crippen LogP contribution in [0.5, 0.6) is 0 Å². The van der Waals surface area contributed by atoms with Crippen molar-refractivity contribution in [3.8, 4) is 0 Å². The molecule has 1 atom stereocenters. The summed E-state index contributed by atoms with van der Waals surface area (Å²) < 4.78 is 0. The van der Waals surface area contributed by atoms with E-state index in [4.69, 9.17) is 0 Å². The molecule has 0 N–H and O–H groups in total. The van der Waals surface area contributed by atoms with Crippen LogP contribution in [0.4, 0.5) is 0 Å². The van der Waals surface area contributed by atoms with Gasteiger partial charge in [-0.1, -0.05) is 0 Å². The van der Waals surface area contributed by atoms with E-state index >= 15 is 0 Å². The molecule has 6 heteroatoms. The number of aromatic nitrogens is 1. The molecular weight excluding hydrogens is 328 g/mol. The number of likely N-dealkylation sites (N-methyl/N-ethyl adjacent to an activating group) is 1. The van der Waals surface area contributed by atoms with Crippen LogP contribution in [0.2, 0.25) is 0 Å². The molecule has 26 heavy (non-hydrogen) atoms. The molecule has 3 aliphatic heterocycles. The molecule has 4 rings (SSSR count). The molecule has 0 unspecified atom stereocenters. The van der Waals surface area contributed by atoms with E-state index in [9.17, 15) is 9.59 Å². The zero-order valence-corrected chi connectivity index (χ0v) is 15.6. The number of piperidine rings is 2. The fourth-order valence-electron chi connectivity index (χ4n) is 4.81. The molecule has 0 bridgehead atoms. The number of carbonyl (C=O) groups excluding carboxylic acids is 2. The molecule has 3 aliphatic rings. The van der Waals surface area contributed by atoms with Gasteiger partial charge in [0.15, 0.2) is 0 Å². The minimum Gasteiger partial charge on any atom is -0.339 e. The van der Waals surface area contributed by atoms with Crippen LogP contribution in [0.1, 0.15) is 42.5 Å². The normalized spacial score (nSPS) is 26.5. The van der Waals surface area contributed by atoms with Gasteiger partial charge in [0.25, 0.3) is 5.91 Å². The molecule has 4 heterocycles. The van der Waals surface area contributed by atoms with Crippen LogP contribution >= 0.6 is 0 Å². The van der Waals surface area contributed by atoms with Gasteiger partial charge in [0.1, 0.15) is 0 Å². The summed E-state index contributed by atoms with van der Waals surface area (Å²) in [5.74, 6) is 0.402. The summed E-state index contributed by atoms with van der Waals surface area (Å²) >= 11 is 0. The highest BCUT2D eigenvalue weighted by Crippen LogP contribution is 2.41. The third kappa shape index (κ3) is 3.34. The summed E-state index contributed by atoms with van der Waals surface area (Å²) in [5.41, 5.74) is 0.860. The first kappa shape index (κ1) is 17.5. The second kappa shape index (κ2) is 6.99. The Balaban J connectivity index is 1.40. The number of nitrogens with zero attached hydrogens (tertiary/aromatic N) is 4. The zero-order valence-electron chi connectivity index (χ0n) is 15.6. The first-order valence-electron chi connectivity index (χ1n) is 9.74. The maximum absolute atomic E-state index is 12.6. The Kier molecular flexibility index (Phi) is 4.69. The van der Waals surface area contributed by atoms with Gasteiger partial charge < -0.3 is 14.7 Å². The van der Waals surface area contributed by atoms with Crippen molar-refractivity contribution in [1.82, 2.24) is 19.7 Å². The number of carbonyl (C=O) groups is 2. The SMILES string of the molecule is CN1CC[C@H](N2CC3(CCC2=O)CCN(C(=O)c2cccnc2)CC3)C1. The lowest BCUT2D eigenvalue weighted by Gasteiger charge is -2.49. The van der Waals surface area contributed by atoms with Crippen LogP contribution < -0.4 is 0 Å². The molecule has 1 aromatic heterocycles. The van der Waals surface area contributed by atoms with Gasteiger partial charge in [-0.25, -0.2) is 0 Å². The smallest absolute Gasteiger partial charge is 0.255 e. The van der Waals surface area contributed by atoms with Crippen LogP contribution in [0.3, 0.4) is 0 Å². The minimum absolute atomic E-state index is 0.0779. The number of hydrogen-bond donors (Lipinski definition) is 0. The van der Waals surface area contributed by atoms with Gasteiger partial charge in [-0.15, -0.1) is 0 Å². The van der Waals surface area contributed by atoms with Crippen molar-refractivity contribution in [3.05, 3.63) is 30.1 Å². The standard InChI is InChI=1S/C20H28N4O2/c1-22-10-5-17(14-22)24-15-20(6-4-18(24)25)7-11-23(12-8-20)19(26)16-3-2-9-21-13-16/h2-3,9,13,17H,4-8,10-12,14-15H2,1H3/t17-/m0/s1. The summed E-state index contributed by atoms with van der Waals surface area (Å²) in [4.78, 5) is 35.6. The summed E-state index contributed by atoms with van der Waals surface area (Å²) in [5, 5.41) is 0. The molecule has 0 saturated carbocycles. The monoisotopic (exact) mass is 356 g/mol. The van der Waals surface area contributed by atoms with E-state index in [1.54, 1.807) is 12.4 Å². The lowest BCUT2D eigenvalue weighted by atomic mass is 9.72. The highest BCUT2D eigenvalue weighted by molar-refractivity contribution is 5.93. The van der Waals surface area contributed by atoms with Crippen molar-refractivity contribution in [1.29, 1.82) is 0 Å². The van der Waals surface area contributed by atoms with Gasteiger partial charge in [-0.2, -0.15) is 0 Å². The van der Waals surface area contributed by atoms with E-state index in [1.807, 2.05) is 17.0 Å². The van der Waals surface area contributed by atoms with E-state index in [0.29, 0.717) is 23.9 Å². The maximum Gasteiger partial charge on any atom is 0.255 e. The Morgan fingerprint density at radius 2 is 2.04 bits per heavy atom. The summed E-state index contributed by atoms with van der Waals surface area (Å²) in [6.45, 7) is 4.50. The molecule has 0 aromatic carbocycles. The number of likely N-dealkylation sites (tertiary alicyclic amines) is 3. The van der Waals surface area contributed by atoms with Gasteiger partial charge >= 0.3 is 0 Å². The Hall–Kier alpha value is -1.95. The Bertz CT molecular complexity index is 670. The zero-order chi connectivity index (χ0) is 18.1. The molecule has 0 aliphatic carbocycles. The Morgan fingerprint density at radius 3 is 2.69 bits per heavy atom. The van der Waals surface area contributed by atoms with Crippen LogP contribution in [0, 0.1) is 5.41 Å².